The molecule has 0 aliphatic carbocycles. The molecular formula is C20H21N3O2. The molecule has 0 saturated carbocycles. The maximum Gasteiger partial charge on any atom is 0.224 e. The van der Waals surface area contributed by atoms with Gasteiger partial charge in [0.15, 0.2) is 0 Å². The Hall–Kier alpha value is -3.08. The first-order chi connectivity index (χ1) is 12.2. The summed E-state index contributed by atoms with van der Waals surface area (Å²) in [5.74, 6) is 0.819. The highest BCUT2D eigenvalue weighted by Gasteiger charge is 2.06. The summed E-state index contributed by atoms with van der Waals surface area (Å²) in [7, 11) is 1.64. The third kappa shape index (κ3) is 4.26. The predicted molar refractivity (Wildman–Crippen MR) is 98.7 cm³/mol. The SMILES string of the molecule is COc1ccc(CCC(=O)Nc2ccc(-c3nc[nH]c3C)cc2)cc1. The van der Waals surface area contributed by atoms with Gasteiger partial charge in [0.25, 0.3) is 0 Å². The monoisotopic (exact) mass is 335 g/mol. The summed E-state index contributed by atoms with van der Waals surface area (Å²) in [6.07, 6.45) is 2.81. The van der Waals surface area contributed by atoms with Gasteiger partial charge < -0.3 is 15.0 Å². The summed E-state index contributed by atoms with van der Waals surface area (Å²) in [4.78, 5) is 19.5. The van der Waals surface area contributed by atoms with E-state index >= 15 is 0 Å². The van der Waals surface area contributed by atoms with Crippen molar-refractivity contribution in [2.75, 3.05) is 12.4 Å². The Balaban J connectivity index is 1.54. The number of carbonyl (C=O) groups is 1. The van der Waals surface area contributed by atoms with Crippen LogP contribution in [0.5, 0.6) is 5.75 Å². The van der Waals surface area contributed by atoms with Crippen molar-refractivity contribution in [2.45, 2.75) is 19.8 Å². The number of nitrogens with one attached hydrogen (secondary N) is 2. The van der Waals surface area contributed by atoms with Crippen LogP contribution in [-0.2, 0) is 11.2 Å². The van der Waals surface area contributed by atoms with E-state index in [1.165, 1.54) is 0 Å². The van der Waals surface area contributed by atoms with Gasteiger partial charge in [-0.15, -0.1) is 0 Å². The van der Waals surface area contributed by atoms with Gasteiger partial charge in [-0.1, -0.05) is 24.3 Å². The minimum absolute atomic E-state index is 0.000446. The molecule has 0 radical (unpaired) electrons. The Bertz CT molecular complexity index is 836. The van der Waals surface area contributed by atoms with Gasteiger partial charge in [-0.2, -0.15) is 0 Å². The number of anilines is 1. The molecule has 3 aromatic rings. The molecule has 0 spiro atoms. The standard InChI is InChI=1S/C20H21N3O2/c1-14-20(22-13-21-14)16-6-8-17(9-7-16)23-19(24)12-5-15-3-10-18(25-2)11-4-15/h3-4,6-11,13H,5,12H2,1-2H3,(H,21,22)(H,23,24). The van der Waals surface area contributed by atoms with Crippen molar-refractivity contribution in [1.29, 1.82) is 0 Å². The molecule has 2 aromatic carbocycles. The largest absolute Gasteiger partial charge is 0.497 e. The molecule has 0 unspecified atom stereocenters. The van der Waals surface area contributed by atoms with Gasteiger partial charge in [-0.25, -0.2) is 4.98 Å². The average molecular weight is 335 g/mol. The van der Waals surface area contributed by atoms with Crippen molar-refractivity contribution in [3.05, 3.63) is 66.1 Å². The highest BCUT2D eigenvalue weighted by Crippen LogP contribution is 2.22. The molecule has 0 atom stereocenters. The Kier molecular flexibility index (Phi) is 5.14. The first kappa shape index (κ1) is 16.8. The maximum absolute atomic E-state index is 12.1. The molecule has 5 nitrogen and oxygen atoms in total. The van der Waals surface area contributed by atoms with Crippen LogP contribution in [0.4, 0.5) is 5.69 Å². The van der Waals surface area contributed by atoms with E-state index in [0.717, 1.165) is 34.0 Å². The summed E-state index contributed by atoms with van der Waals surface area (Å²) < 4.78 is 5.13. The Morgan fingerprint density at radius 3 is 2.44 bits per heavy atom. The Morgan fingerprint density at radius 1 is 1.12 bits per heavy atom. The number of imidazole rings is 1. The fraction of sp³-hybridized carbons (Fsp3) is 0.200. The number of carbonyl (C=O) groups excluding carboxylic acids is 1. The molecular weight excluding hydrogens is 314 g/mol. The van der Waals surface area contributed by atoms with Crippen LogP contribution in [0.15, 0.2) is 54.9 Å². The van der Waals surface area contributed by atoms with Crippen LogP contribution in [0.1, 0.15) is 17.7 Å². The normalized spacial score (nSPS) is 10.5. The van der Waals surface area contributed by atoms with Gasteiger partial charge in [0.1, 0.15) is 5.75 Å². The minimum atomic E-state index is -0.000446. The number of aromatic nitrogens is 2. The molecule has 128 valence electrons. The predicted octanol–water partition coefficient (Wildman–Crippen LogP) is 3.97. The number of benzene rings is 2. The zero-order chi connectivity index (χ0) is 17.6. The Morgan fingerprint density at radius 2 is 1.84 bits per heavy atom. The second-order valence-electron chi connectivity index (χ2n) is 5.85. The summed E-state index contributed by atoms with van der Waals surface area (Å²) in [6, 6.07) is 15.5. The molecule has 0 aliphatic heterocycles. The number of amides is 1. The molecule has 0 aliphatic rings. The second-order valence-corrected chi connectivity index (χ2v) is 5.85. The highest BCUT2D eigenvalue weighted by molar-refractivity contribution is 5.91. The van der Waals surface area contributed by atoms with Gasteiger partial charge in [-0.3, -0.25) is 4.79 Å². The molecule has 1 heterocycles. The van der Waals surface area contributed by atoms with E-state index in [2.05, 4.69) is 15.3 Å². The summed E-state index contributed by atoms with van der Waals surface area (Å²) in [5.41, 5.74) is 4.88. The fourth-order valence-electron chi connectivity index (χ4n) is 2.63. The fourth-order valence-corrected chi connectivity index (χ4v) is 2.63. The van der Waals surface area contributed by atoms with Crippen molar-refractivity contribution in [3.8, 4) is 17.0 Å². The molecule has 3 rings (SSSR count). The maximum atomic E-state index is 12.1. The smallest absolute Gasteiger partial charge is 0.224 e. The van der Waals surface area contributed by atoms with Gasteiger partial charge in [0.2, 0.25) is 5.91 Å². The summed E-state index contributed by atoms with van der Waals surface area (Å²) in [5, 5.41) is 2.93. The van der Waals surface area contributed by atoms with Crippen LogP contribution in [0.25, 0.3) is 11.3 Å². The summed E-state index contributed by atoms with van der Waals surface area (Å²) in [6.45, 7) is 1.98. The number of rotatable bonds is 6. The van der Waals surface area contributed by atoms with Crippen LogP contribution in [0, 0.1) is 6.92 Å². The lowest BCUT2D eigenvalue weighted by molar-refractivity contribution is -0.116. The van der Waals surface area contributed by atoms with Crippen LogP contribution in [0.3, 0.4) is 0 Å². The van der Waals surface area contributed by atoms with Crippen molar-refractivity contribution in [2.24, 2.45) is 0 Å². The lowest BCUT2D eigenvalue weighted by Gasteiger charge is -2.07. The van der Waals surface area contributed by atoms with E-state index in [9.17, 15) is 4.79 Å². The molecule has 2 N–H and O–H groups in total. The number of aryl methyl sites for hydroxylation is 2. The number of H-pyrrole nitrogens is 1. The van der Waals surface area contributed by atoms with Gasteiger partial charge >= 0.3 is 0 Å². The molecule has 0 bridgehead atoms. The quantitative estimate of drug-likeness (QED) is 0.716. The second kappa shape index (κ2) is 7.66. The topological polar surface area (TPSA) is 67.0 Å². The van der Waals surface area contributed by atoms with E-state index in [4.69, 9.17) is 4.74 Å². The molecule has 1 aromatic heterocycles. The van der Waals surface area contributed by atoms with Crippen molar-refractivity contribution in [3.63, 3.8) is 0 Å². The molecule has 5 heteroatoms. The summed E-state index contributed by atoms with van der Waals surface area (Å²) >= 11 is 0. The number of ether oxygens (including phenoxy) is 1. The third-order valence-corrected chi connectivity index (χ3v) is 4.07. The molecule has 1 amide bonds. The van der Waals surface area contributed by atoms with Crippen molar-refractivity contribution >= 4 is 11.6 Å². The zero-order valence-electron chi connectivity index (χ0n) is 14.4. The van der Waals surface area contributed by atoms with E-state index in [1.807, 2.05) is 55.5 Å². The van der Waals surface area contributed by atoms with Crippen LogP contribution >= 0.6 is 0 Å². The average Bonchev–Trinajstić information content (AvgIpc) is 3.07. The van der Waals surface area contributed by atoms with Crippen LogP contribution in [0.2, 0.25) is 0 Å². The lowest BCUT2D eigenvalue weighted by Crippen LogP contribution is -2.12. The van der Waals surface area contributed by atoms with Crippen molar-refractivity contribution in [1.82, 2.24) is 9.97 Å². The first-order valence-corrected chi connectivity index (χ1v) is 8.19. The molecule has 0 fully saturated rings. The first-order valence-electron chi connectivity index (χ1n) is 8.19. The van der Waals surface area contributed by atoms with Crippen LogP contribution in [-0.4, -0.2) is 23.0 Å². The zero-order valence-corrected chi connectivity index (χ0v) is 14.4. The number of hydrogen-bond donors (Lipinski definition) is 2. The molecule has 0 saturated heterocycles. The number of nitrogens with zero attached hydrogens (tertiary/aromatic N) is 1. The van der Waals surface area contributed by atoms with E-state index in [-0.39, 0.29) is 5.91 Å². The number of aromatic amines is 1. The van der Waals surface area contributed by atoms with Gasteiger partial charge in [0, 0.05) is 23.4 Å². The minimum Gasteiger partial charge on any atom is -0.497 e. The lowest BCUT2D eigenvalue weighted by atomic mass is 10.1. The van der Waals surface area contributed by atoms with Gasteiger partial charge in [-0.05, 0) is 43.2 Å². The molecule has 25 heavy (non-hydrogen) atoms. The third-order valence-electron chi connectivity index (χ3n) is 4.07. The van der Waals surface area contributed by atoms with E-state index < -0.39 is 0 Å². The Labute approximate surface area is 147 Å². The highest BCUT2D eigenvalue weighted by atomic mass is 16.5. The van der Waals surface area contributed by atoms with Crippen LogP contribution < -0.4 is 10.1 Å². The van der Waals surface area contributed by atoms with E-state index in [1.54, 1.807) is 13.4 Å². The van der Waals surface area contributed by atoms with Gasteiger partial charge in [0.05, 0.1) is 19.1 Å². The van der Waals surface area contributed by atoms with Crippen molar-refractivity contribution < 1.29 is 9.53 Å². The van der Waals surface area contributed by atoms with E-state index in [0.29, 0.717) is 12.8 Å². The number of methoxy groups -OCH3 is 1. The number of hydrogen-bond acceptors (Lipinski definition) is 3.